The summed E-state index contributed by atoms with van der Waals surface area (Å²) in [6.07, 6.45) is 2.29. The number of hydrogen-bond donors (Lipinski definition) is 2. The van der Waals surface area contributed by atoms with E-state index in [-0.39, 0.29) is 5.96 Å². The van der Waals surface area contributed by atoms with Gasteiger partial charge in [0.2, 0.25) is 5.96 Å². The van der Waals surface area contributed by atoms with Gasteiger partial charge < -0.3 is 16.2 Å². The van der Waals surface area contributed by atoms with Crippen molar-refractivity contribution in [3.63, 3.8) is 0 Å². The van der Waals surface area contributed by atoms with E-state index in [1.807, 2.05) is 24.3 Å². The van der Waals surface area contributed by atoms with Crippen LogP contribution in [-0.4, -0.2) is 18.8 Å². The van der Waals surface area contributed by atoms with Crippen LogP contribution in [0.5, 0.6) is 5.75 Å². The average molecular weight is 232 g/mol. The maximum atomic E-state index is 5.29. The maximum absolute atomic E-state index is 5.29. The van der Waals surface area contributed by atoms with Crippen molar-refractivity contribution in [2.24, 2.45) is 27.6 Å². The summed E-state index contributed by atoms with van der Waals surface area (Å²) in [6, 6.07) is 7.75. The van der Waals surface area contributed by atoms with E-state index >= 15 is 0 Å². The summed E-state index contributed by atoms with van der Waals surface area (Å²) in [5.74, 6) is 1.29. The van der Waals surface area contributed by atoms with E-state index in [9.17, 15) is 0 Å². The van der Waals surface area contributed by atoms with Crippen LogP contribution < -0.4 is 16.2 Å². The van der Waals surface area contributed by atoms with Crippen molar-refractivity contribution in [2.75, 3.05) is 7.11 Å². The number of guanidine groups is 1. The van der Waals surface area contributed by atoms with Gasteiger partial charge >= 0.3 is 0 Å². The van der Waals surface area contributed by atoms with Crippen LogP contribution in [-0.2, 0) is 0 Å². The molecule has 17 heavy (non-hydrogen) atoms. The molecule has 0 spiro atoms. The Hall–Kier alpha value is -2.04. The Bertz CT molecular complexity index is 442. The highest BCUT2D eigenvalue weighted by Gasteiger charge is 2.28. The third kappa shape index (κ3) is 2.96. The largest absolute Gasteiger partial charge is 0.497 e. The molecule has 0 heterocycles. The number of rotatable bonds is 4. The summed E-state index contributed by atoms with van der Waals surface area (Å²) in [5.41, 5.74) is 12.6. The standard InChI is InChI=1S/C12H16N4O/c1-17-10-6-4-9(5-7-10)11(8-2-3-8)15-16-12(13)14/h4-8H,2-3H2,1H3,(H4,13,14,16)/b15-11+. The summed E-state index contributed by atoms with van der Waals surface area (Å²) in [5, 5.41) is 7.86. The Labute approximate surface area is 100 Å². The molecule has 5 heteroatoms. The number of hydrogen-bond acceptors (Lipinski definition) is 3. The predicted molar refractivity (Wildman–Crippen MR) is 68.1 cm³/mol. The second kappa shape index (κ2) is 4.86. The van der Waals surface area contributed by atoms with Gasteiger partial charge in [0, 0.05) is 5.92 Å². The fourth-order valence-electron chi connectivity index (χ4n) is 1.61. The van der Waals surface area contributed by atoms with Gasteiger partial charge in [0.1, 0.15) is 5.75 Å². The lowest BCUT2D eigenvalue weighted by Gasteiger charge is -2.05. The monoisotopic (exact) mass is 232 g/mol. The normalized spacial score (nSPS) is 15.5. The molecule has 0 unspecified atom stereocenters. The summed E-state index contributed by atoms with van der Waals surface area (Å²) in [6.45, 7) is 0. The second-order valence-electron chi connectivity index (χ2n) is 4.01. The lowest BCUT2D eigenvalue weighted by atomic mass is 10.1. The lowest BCUT2D eigenvalue weighted by molar-refractivity contribution is 0.415. The minimum absolute atomic E-state index is 0.0170. The van der Waals surface area contributed by atoms with Gasteiger partial charge in [0.05, 0.1) is 12.8 Å². The Morgan fingerprint density at radius 1 is 1.18 bits per heavy atom. The molecule has 0 bridgehead atoms. The Morgan fingerprint density at radius 2 is 1.82 bits per heavy atom. The molecule has 2 rings (SSSR count). The van der Waals surface area contributed by atoms with Crippen LogP contribution in [0, 0.1) is 5.92 Å². The van der Waals surface area contributed by atoms with Crippen LogP contribution in [0.3, 0.4) is 0 Å². The van der Waals surface area contributed by atoms with Crippen LogP contribution >= 0.6 is 0 Å². The van der Waals surface area contributed by atoms with Gasteiger partial charge in [-0.15, -0.1) is 5.10 Å². The molecule has 90 valence electrons. The van der Waals surface area contributed by atoms with Gasteiger partial charge in [-0.1, -0.05) is 0 Å². The number of benzene rings is 1. The fraction of sp³-hybridized carbons (Fsp3) is 0.333. The van der Waals surface area contributed by atoms with Crippen LogP contribution in [0.4, 0.5) is 0 Å². The molecule has 1 aromatic carbocycles. The van der Waals surface area contributed by atoms with Crippen LogP contribution in [0.2, 0.25) is 0 Å². The molecule has 0 amide bonds. The molecule has 1 saturated carbocycles. The zero-order chi connectivity index (χ0) is 12.3. The van der Waals surface area contributed by atoms with Crippen molar-refractivity contribution in [3.05, 3.63) is 29.8 Å². The minimum atomic E-state index is -0.0170. The van der Waals surface area contributed by atoms with Crippen LogP contribution in [0.25, 0.3) is 0 Å². The molecule has 0 aliphatic heterocycles. The molecule has 0 radical (unpaired) electrons. The van der Waals surface area contributed by atoms with Crippen molar-refractivity contribution >= 4 is 11.7 Å². The number of nitrogens with zero attached hydrogens (tertiary/aromatic N) is 2. The van der Waals surface area contributed by atoms with Gasteiger partial charge in [-0.25, -0.2) is 0 Å². The second-order valence-corrected chi connectivity index (χ2v) is 4.01. The molecule has 1 aliphatic rings. The number of methoxy groups -OCH3 is 1. The van der Waals surface area contributed by atoms with E-state index in [4.69, 9.17) is 16.2 Å². The Balaban J connectivity index is 2.26. The van der Waals surface area contributed by atoms with E-state index < -0.39 is 0 Å². The topological polar surface area (TPSA) is 86.0 Å². The van der Waals surface area contributed by atoms with Crippen molar-refractivity contribution in [1.29, 1.82) is 0 Å². The zero-order valence-corrected chi connectivity index (χ0v) is 9.76. The molecule has 1 fully saturated rings. The first kappa shape index (κ1) is 11.4. The SMILES string of the molecule is COc1ccc(/C(=N/N=C(N)N)C2CC2)cc1. The molecule has 0 atom stereocenters. The Kier molecular flexibility index (Phi) is 3.27. The summed E-state index contributed by atoms with van der Waals surface area (Å²) >= 11 is 0. The molecule has 5 nitrogen and oxygen atoms in total. The van der Waals surface area contributed by atoms with Crippen molar-refractivity contribution in [3.8, 4) is 5.75 Å². The minimum Gasteiger partial charge on any atom is -0.497 e. The molecular weight excluding hydrogens is 216 g/mol. The number of nitrogens with two attached hydrogens (primary N) is 2. The fourth-order valence-corrected chi connectivity index (χ4v) is 1.61. The quantitative estimate of drug-likeness (QED) is 0.462. The summed E-state index contributed by atoms with van der Waals surface area (Å²) < 4.78 is 5.12. The lowest BCUT2D eigenvalue weighted by Crippen LogP contribution is -2.22. The Morgan fingerprint density at radius 3 is 2.29 bits per heavy atom. The molecule has 4 N–H and O–H groups in total. The first-order valence-corrected chi connectivity index (χ1v) is 5.51. The van der Waals surface area contributed by atoms with Gasteiger partial charge in [-0.3, -0.25) is 0 Å². The van der Waals surface area contributed by atoms with Crippen molar-refractivity contribution < 1.29 is 4.74 Å². The van der Waals surface area contributed by atoms with E-state index in [0.29, 0.717) is 5.92 Å². The van der Waals surface area contributed by atoms with Crippen LogP contribution in [0.1, 0.15) is 18.4 Å². The van der Waals surface area contributed by atoms with Gasteiger partial charge in [-0.05, 0) is 42.7 Å². The highest BCUT2D eigenvalue weighted by Crippen LogP contribution is 2.33. The van der Waals surface area contributed by atoms with Gasteiger partial charge in [-0.2, -0.15) is 5.10 Å². The number of ether oxygens (including phenoxy) is 1. The van der Waals surface area contributed by atoms with E-state index in [2.05, 4.69) is 10.2 Å². The molecular formula is C12H16N4O. The summed E-state index contributed by atoms with van der Waals surface area (Å²) in [4.78, 5) is 0. The molecule has 1 aliphatic carbocycles. The van der Waals surface area contributed by atoms with Gasteiger partial charge in [0.15, 0.2) is 0 Å². The zero-order valence-electron chi connectivity index (χ0n) is 9.76. The first-order chi connectivity index (χ1) is 8.20. The first-order valence-electron chi connectivity index (χ1n) is 5.51. The van der Waals surface area contributed by atoms with E-state index in [1.165, 1.54) is 0 Å². The highest BCUT2D eigenvalue weighted by molar-refractivity contribution is 6.03. The smallest absolute Gasteiger partial charge is 0.211 e. The van der Waals surface area contributed by atoms with E-state index in [0.717, 1.165) is 29.9 Å². The summed E-state index contributed by atoms with van der Waals surface area (Å²) in [7, 11) is 1.64. The molecule has 1 aromatic rings. The van der Waals surface area contributed by atoms with E-state index in [1.54, 1.807) is 7.11 Å². The maximum Gasteiger partial charge on any atom is 0.211 e. The van der Waals surface area contributed by atoms with Crippen molar-refractivity contribution in [2.45, 2.75) is 12.8 Å². The molecule has 0 aromatic heterocycles. The third-order valence-corrected chi connectivity index (χ3v) is 2.62. The van der Waals surface area contributed by atoms with Crippen LogP contribution in [0.15, 0.2) is 34.5 Å². The molecule has 0 saturated heterocycles. The predicted octanol–water partition coefficient (Wildman–Crippen LogP) is 1.08. The average Bonchev–Trinajstić information content (AvgIpc) is 3.14. The van der Waals surface area contributed by atoms with Crippen molar-refractivity contribution in [1.82, 2.24) is 0 Å². The third-order valence-electron chi connectivity index (χ3n) is 2.62. The van der Waals surface area contributed by atoms with Gasteiger partial charge in [0.25, 0.3) is 0 Å². The highest BCUT2D eigenvalue weighted by atomic mass is 16.5.